The molecule has 0 unspecified atom stereocenters. The van der Waals surface area contributed by atoms with E-state index in [1.807, 2.05) is 12.1 Å². The number of hydrogen-bond donors (Lipinski definition) is 2. The maximum Gasteiger partial charge on any atom is 0.283 e. The van der Waals surface area contributed by atoms with Gasteiger partial charge < -0.3 is 15.2 Å². The lowest BCUT2D eigenvalue weighted by atomic mass is 10.2. The molecule has 112 valence electrons. The van der Waals surface area contributed by atoms with Gasteiger partial charge in [-0.15, -0.1) is 0 Å². The standard InChI is InChI=1S/C13H15BrN4O3/c1-21-12-9(3-2-4-15-12)7-16-10-8-17-18(5-6-19)13(20)11(10)14/h2-4,8,16,19H,5-7H2,1H3. The van der Waals surface area contributed by atoms with Gasteiger partial charge in [0.05, 0.1) is 32.1 Å². The van der Waals surface area contributed by atoms with Crippen molar-refractivity contribution in [2.45, 2.75) is 13.1 Å². The second-order valence-corrected chi connectivity index (χ2v) is 4.94. The number of anilines is 1. The highest BCUT2D eigenvalue weighted by molar-refractivity contribution is 9.10. The maximum absolute atomic E-state index is 12.0. The summed E-state index contributed by atoms with van der Waals surface area (Å²) >= 11 is 3.25. The van der Waals surface area contributed by atoms with E-state index in [4.69, 9.17) is 9.84 Å². The molecule has 0 bridgehead atoms. The van der Waals surface area contributed by atoms with Gasteiger partial charge in [0.1, 0.15) is 4.47 Å². The Labute approximate surface area is 129 Å². The Morgan fingerprint density at radius 2 is 2.33 bits per heavy atom. The van der Waals surface area contributed by atoms with Crippen LogP contribution in [0.5, 0.6) is 5.88 Å². The summed E-state index contributed by atoms with van der Waals surface area (Å²) in [4.78, 5) is 16.1. The number of nitrogens with zero attached hydrogens (tertiary/aromatic N) is 3. The molecule has 2 aromatic heterocycles. The van der Waals surface area contributed by atoms with Gasteiger partial charge in [-0.25, -0.2) is 9.67 Å². The molecule has 2 rings (SSSR count). The van der Waals surface area contributed by atoms with Crippen molar-refractivity contribution >= 4 is 21.6 Å². The molecule has 0 aliphatic carbocycles. The fourth-order valence-corrected chi connectivity index (χ4v) is 2.22. The number of halogens is 1. The highest BCUT2D eigenvalue weighted by Crippen LogP contribution is 2.19. The molecule has 21 heavy (non-hydrogen) atoms. The maximum atomic E-state index is 12.0. The molecule has 2 heterocycles. The molecule has 0 saturated carbocycles. The number of methoxy groups -OCH3 is 1. The molecule has 0 amide bonds. The van der Waals surface area contributed by atoms with E-state index >= 15 is 0 Å². The molecule has 0 radical (unpaired) electrons. The molecule has 2 aromatic rings. The van der Waals surface area contributed by atoms with E-state index < -0.39 is 0 Å². The quantitative estimate of drug-likeness (QED) is 0.804. The first kappa shape index (κ1) is 15.5. The first-order valence-corrected chi connectivity index (χ1v) is 7.05. The third-order valence-corrected chi connectivity index (χ3v) is 3.58. The van der Waals surface area contributed by atoms with Crippen LogP contribution in [0.2, 0.25) is 0 Å². The predicted octanol–water partition coefficient (Wildman–Crippen LogP) is 1.01. The fraction of sp³-hybridized carbons (Fsp3) is 0.308. The Morgan fingerprint density at radius 1 is 1.52 bits per heavy atom. The van der Waals surface area contributed by atoms with Gasteiger partial charge in [0, 0.05) is 18.3 Å². The van der Waals surface area contributed by atoms with Crippen LogP contribution in [0.15, 0.2) is 33.8 Å². The van der Waals surface area contributed by atoms with E-state index in [9.17, 15) is 4.79 Å². The number of aromatic nitrogens is 3. The Morgan fingerprint density at radius 3 is 3.05 bits per heavy atom. The molecule has 0 fully saturated rings. The zero-order valence-corrected chi connectivity index (χ0v) is 13.0. The lowest BCUT2D eigenvalue weighted by molar-refractivity contribution is 0.266. The third kappa shape index (κ3) is 3.59. The average Bonchev–Trinajstić information content (AvgIpc) is 2.51. The van der Waals surface area contributed by atoms with E-state index in [1.54, 1.807) is 13.3 Å². The van der Waals surface area contributed by atoms with Crippen molar-refractivity contribution in [3.05, 3.63) is 44.9 Å². The summed E-state index contributed by atoms with van der Waals surface area (Å²) in [5.74, 6) is 0.530. The number of hydrogen-bond acceptors (Lipinski definition) is 6. The van der Waals surface area contributed by atoms with E-state index in [-0.39, 0.29) is 18.7 Å². The highest BCUT2D eigenvalue weighted by Gasteiger charge is 2.09. The first-order chi connectivity index (χ1) is 10.2. The van der Waals surface area contributed by atoms with Crippen LogP contribution in [0, 0.1) is 0 Å². The summed E-state index contributed by atoms with van der Waals surface area (Å²) in [6.07, 6.45) is 3.18. The number of aliphatic hydroxyl groups excluding tert-OH is 1. The monoisotopic (exact) mass is 354 g/mol. The molecule has 0 atom stereocenters. The van der Waals surface area contributed by atoms with Crippen LogP contribution in [0.4, 0.5) is 5.69 Å². The van der Waals surface area contributed by atoms with Gasteiger partial charge in [0.15, 0.2) is 0 Å². The predicted molar refractivity (Wildman–Crippen MR) is 81.4 cm³/mol. The van der Waals surface area contributed by atoms with Crippen LogP contribution < -0.4 is 15.6 Å². The fourth-order valence-electron chi connectivity index (χ4n) is 1.78. The summed E-state index contributed by atoms with van der Waals surface area (Å²) in [6, 6.07) is 3.69. The van der Waals surface area contributed by atoms with Crippen molar-refractivity contribution in [3.63, 3.8) is 0 Å². The minimum Gasteiger partial charge on any atom is -0.481 e. The van der Waals surface area contributed by atoms with Crippen LogP contribution in [0.25, 0.3) is 0 Å². The van der Waals surface area contributed by atoms with Crippen LogP contribution in [-0.4, -0.2) is 33.6 Å². The molecule has 0 spiro atoms. The Balaban J connectivity index is 2.17. The van der Waals surface area contributed by atoms with Gasteiger partial charge in [0.25, 0.3) is 5.56 Å². The number of ether oxygens (including phenoxy) is 1. The second-order valence-electron chi connectivity index (χ2n) is 4.15. The van der Waals surface area contributed by atoms with E-state index in [2.05, 4.69) is 31.3 Å². The van der Waals surface area contributed by atoms with Crippen LogP contribution >= 0.6 is 15.9 Å². The van der Waals surface area contributed by atoms with Crippen molar-refractivity contribution in [2.24, 2.45) is 0 Å². The Hall–Kier alpha value is -1.93. The normalized spacial score (nSPS) is 10.4. The third-order valence-electron chi connectivity index (χ3n) is 2.81. The molecule has 0 aliphatic rings. The van der Waals surface area contributed by atoms with Crippen molar-refractivity contribution in [2.75, 3.05) is 19.0 Å². The lowest BCUT2D eigenvalue weighted by Gasteiger charge is -2.11. The summed E-state index contributed by atoms with van der Waals surface area (Å²) in [5, 5.41) is 16.0. The first-order valence-electron chi connectivity index (χ1n) is 6.25. The topological polar surface area (TPSA) is 89.3 Å². The number of pyridine rings is 1. The minimum atomic E-state index is -0.299. The van der Waals surface area contributed by atoms with Gasteiger partial charge in [-0.2, -0.15) is 5.10 Å². The molecular weight excluding hydrogens is 340 g/mol. The molecule has 2 N–H and O–H groups in total. The van der Waals surface area contributed by atoms with Crippen molar-refractivity contribution in [3.8, 4) is 5.88 Å². The van der Waals surface area contributed by atoms with Gasteiger partial charge in [0.2, 0.25) is 5.88 Å². The van der Waals surface area contributed by atoms with Gasteiger partial charge >= 0.3 is 0 Å². The SMILES string of the molecule is COc1ncccc1CNc1cnn(CCO)c(=O)c1Br. The smallest absolute Gasteiger partial charge is 0.283 e. The zero-order chi connectivity index (χ0) is 15.2. The van der Waals surface area contributed by atoms with Crippen molar-refractivity contribution < 1.29 is 9.84 Å². The van der Waals surface area contributed by atoms with Crippen molar-refractivity contribution in [1.29, 1.82) is 0 Å². The zero-order valence-electron chi connectivity index (χ0n) is 11.4. The van der Waals surface area contributed by atoms with Gasteiger partial charge in [-0.3, -0.25) is 4.79 Å². The summed E-state index contributed by atoms with van der Waals surface area (Å²) in [6.45, 7) is 0.466. The van der Waals surface area contributed by atoms with Crippen LogP contribution in [0.1, 0.15) is 5.56 Å². The van der Waals surface area contributed by atoms with E-state index in [1.165, 1.54) is 10.9 Å². The highest BCUT2D eigenvalue weighted by atomic mass is 79.9. The number of nitrogens with one attached hydrogen (secondary N) is 1. The van der Waals surface area contributed by atoms with Gasteiger partial charge in [-0.05, 0) is 22.0 Å². The minimum absolute atomic E-state index is 0.140. The average molecular weight is 355 g/mol. The molecule has 0 aromatic carbocycles. The Bertz CT molecular complexity index is 675. The van der Waals surface area contributed by atoms with Crippen LogP contribution in [0.3, 0.4) is 0 Å². The van der Waals surface area contributed by atoms with Crippen LogP contribution in [-0.2, 0) is 13.1 Å². The largest absolute Gasteiger partial charge is 0.481 e. The molecule has 8 heteroatoms. The summed E-state index contributed by atoms with van der Waals surface area (Å²) in [5.41, 5.74) is 1.14. The summed E-state index contributed by atoms with van der Waals surface area (Å²) < 4.78 is 6.73. The second kappa shape index (κ2) is 7.19. The van der Waals surface area contributed by atoms with E-state index in [0.29, 0.717) is 22.6 Å². The number of rotatable bonds is 6. The molecular formula is C13H15BrN4O3. The number of aliphatic hydroxyl groups is 1. The molecule has 0 saturated heterocycles. The lowest BCUT2D eigenvalue weighted by Crippen LogP contribution is -2.25. The van der Waals surface area contributed by atoms with E-state index in [0.717, 1.165) is 5.56 Å². The summed E-state index contributed by atoms with van der Waals surface area (Å²) in [7, 11) is 1.55. The molecule has 7 nitrogen and oxygen atoms in total. The van der Waals surface area contributed by atoms with Gasteiger partial charge in [-0.1, -0.05) is 6.07 Å². The van der Waals surface area contributed by atoms with Crippen molar-refractivity contribution in [1.82, 2.24) is 14.8 Å². The Kier molecular flexibility index (Phi) is 5.29. The molecule has 0 aliphatic heterocycles.